The van der Waals surface area contributed by atoms with Gasteiger partial charge in [0, 0.05) is 22.7 Å². The number of hydrogen-bond donors (Lipinski definition) is 1. The summed E-state index contributed by atoms with van der Waals surface area (Å²) in [5.41, 5.74) is 1.37. The summed E-state index contributed by atoms with van der Waals surface area (Å²) in [6.45, 7) is 0.781. The Labute approximate surface area is 198 Å². The van der Waals surface area contributed by atoms with E-state index in [1.54, 1.807) is 28.0 Å². The second-order valence-electron chi connectivity index (χ2n) is 7.61. The van der Waals surface area contributed by atoms with Crippen molar-refractivity contribution in [3.63, 3.8) is 0 Å². The van der Waals surface area contributed by atoms with Crippen molar-refractivity contribution < 1.29 is 4.79 Å². The van der Waals surface area contributed by atoms with Gasteiger partial charge in [0.05, 0.1) is 24.0 Å². The largest absolute Gasteiger partial charge is 0.351 e. The van der Waals surface area contributed by atoms with Gasteiger partial charge < -0.3 is 5.32 Å². The molecule has 5 aromatic rings. The van der Waals surface area contributed by atoms with E-state index >= 15 is 0 Å². The smallest absolute Gasteiger partial charge is 0.263 e. The van der Waals surface area contributed by atoms with Gasteiger partial charge in [-0.15, -0.1) is 21.5 Å². The van der Waals surface area contributed by atoms with E-state index in [1.165, 1.54) is 0 Å². The first kappa shape index (κ1) is 21.4. The fraction of sp³-hybridized carbons (Fsp3) is 0.167. The lowest BCUT2D eigenvalue weighted by Gasteiger charge is -2.12. The van der Waals surface area contributed by atoms with E-state index in [0.717, 1.165) is 10.4 Å². The molecular weight excluding hydrogens is 458 g/mol. The molecule has 0 spiro atoms. The molecule has 7 nitrogen and oxygen atoms in total. The van der Waals surface area contributed by atoms with E-state index in [0.29, 0.717) is 40.5 Å². The molecule has 5 rings (SSSR count). The molecular formula is C24H20ClN5O2S. The monoisotopic (exact) mass is 477 g/mol. The normalized spacial score (nSPS) is 11.3. The van der Waals surface area contributed by atoms with E-state index in [-0.39, 0.29) is 24.4 Å². The summed E-state index contributed by atoms with van der Waals surface area (Å²) in [6.07, 6.45) is 0.663. The van der Waals surface area contributed by atoms with E-state index in [9.17, 15) is 9.59 Å². The predicted molar refractivity (Wildman–Crippen MR) is 130 cm³/mol. The van der Waals surface area contributed by atoms with Crippen molar-refractivity contribution in [2.45, 2.75) is 25.9 Å². The zero-order valence-electron chi connectivity index (χ0n) is 17.6. The molecule has 0 unspecified atom stereocenters. The number of benzene rings is 2. The minimum absolute atomic E-state index is 0.0613. The minimum Gasteiger partial charge on any atom is -0.351 e. The first-order valence-electron chi connectivity index (χ1n) is 10.5. The second kappa shape index (κ2) is 9.17. The van der Waals surface area contributed by atoms with Crippen molar-refractivity contribution in [3.8, 4) is 0 Å². The van der Waals surface area contributed by atoms with Gasteiger partial charge in [0.15, 0.2) is 0 Å². The van der Waals surface area contributed by atoms with Crippen LogP contribution < -0.4 is 10.9 Å². The van der Waals surface area contributed by atoms with Gasteiger partial charge in [0.25, 0.3) is 5.56 Å². The molecule has 1 N–H and O–H groups in total. The first-order valence-corrected chi connectivity index (χ1v) is 11.8. The molecule has 0 atom stereocenters. The zero-order valence-corrected chi connectivity index (χ0v) is 19.1. The van der Waals surface area contributed by atoms with Gasteiger partial charge >= 0.3 is 0 Å². The van der Waals surface area contributed by atoms with Gasteiger partial charge in [0.2, 0.25) is 11.7 Å². The molecule has 0 bridgehead atoms. The maximum absolute atomic E-state index is 13.3. The SMILES string of the molecule is O=C(CCc1nnc2n(Cc3ccccc3Cl)c(=O)c3ccccc3n12)NCc1cccs1. The maximum atomic E-state index is 13.3. The second-order valence-corrected chi connectivity index (χ2v) is 9.05. The third-order valence-corrected chi connectivity index (χ3v) is 6.72. The lowest BCUT2D eigenvalue weighted by atomic mass is 10.2. The molecule has 0 fully saturated rings. The summed E-state index contributed by atoms with van der Waals surface area (Å²) in [4.78, 5) is 26.8. The minimum atomic E-state index is -0.161. The van der Waals surface area contributed by atoms with Crippen LogP contribution in [0.4, 0.5) is 0 Å². The Bertz CT molecular complexity index is 1510. The van der Waals surface area contributed by atoms with Crippen molar-refractivity contribution in [3.05, 3.63) is 97.7 Å². The van der Waals surface area contributed by atoms with Crippen LogP contribution in [-0.2, 0) is 24.3 Å². The Balaban J connectivity index is 1.49. The van der Waals surface area contributed by atoms with Crippen LogP contribution in [0, 0.1) is 0 Å². The average molecular weight is 478 g/mol. The highest BCUT2D eigenvalue weighted by molar-refractivity contribution is 7.09. The summed E-state index contributed by atoms with van der Waals surface area (Å²) in [6, 6.07) is 18.7. The Morgan fingerprint density at radius 1 is 1.03 bits per heavy atom. The number of halogens is 1. The molecule has 2 aromatic carbocycles. The first-order chi connectivity index (χ1) is 16.1. The lowest BCUT2D eigenvalue weighted by Crippen LogP contribution is -2.25. The van der Waals surface area contributed by atoms with E-state index < -0.39 is 0 Å². The number of nitrogens with zero attached hydrogens (tertiary/aromatic N) is 4. The third kappa shape index (κ3) is 4.27. The van der Waals surface area contributed by atoms with Gasteiger partial charge in [0.1, 0.15) is 5.82 Å². The molecule has 3 heterocycles. The standard InChI is InChI=1S/C24H20ClN5O2S/c25-19-9-3-1-6-16(19)15-29-23(32)18-8-2-4-10-20(18)30-21(27-28-24(29)30)11-12-22(31)26-14-17-7-5-13-33-17/h1-10,13H,11-12,14-15H2,(H,26,31). The molecule has 0 saturated heterocycles. The van der Waals surface area contributed by atoms with E-state index in [1.807, 2.05) is 58.3 Å². The van der Waals surface area contributed by atoms with Crippen LogP contribution in [0.2, 0.25) is 5.02 Å². The number of fused-ring (bicyclic) bond motifs is 3. The maximum Gasteiger partial charge on any atom is 0.263 e. The lowest BCUT2D eigenvalue weighted by molar-refractivity contribution is -0.121. The molecule has 0 aliphatic rings. The van der Waals surface area contributed by atoms with Crippen LogP contribution in [0.25, 0.3) is 16.7 Å². The number of nitrogens with one attached hydrogen (secondary N) is 1. The van der Waals surface area contributed by atoms with Gasteiger partial charge in [-0.2, -0.15) is 0 Å². The van der Waals surface area contributed by atoms with Gasteiger partial charge in [-0.3, -0.25) is 18.6 Å². The number of hydrogen-bond acceptors (Lipinski definition) is 5. The topological polar surface area (TPSA) is 81.3 Å². The Kier molecular flexibility index (Phi) is 5.93. The highest BCUT2D eigenvalue weighted by atomic mass is 35.5. The summed E-state index contributed by atoms with van der Waals surface area (Å²) < 4.78 is 3.44. The van der Waals surface area contributed by atoms with Gasteiger partial charge in [-0.25, -0.2) is 0 Å². The molecule has 9 heteroatoms. The number of carbonyl (C=O) groups is 1. The summed E-state index contributed by atoms with van der Waals surface area (Å²) in [5.74, 6) is 0.988. The number of amides is 1. The van der Waals surface area contributed by atoms with Gasteiger partial charge in [-0.05, 0) is 35.2 Å². The summed E-state index contributed by atoms with van der Waals surface area (Å²) in [7, 11) is 0. The van der Waals surface area contributed by atoms with Crippen LogP contribution in [0.15, 0.2) is 70.8 Å². The molecule has 166 valence electrons. The van der Waals surface area contributed by atoms with E-state index in [4.69, 9.17) is 11.6 Å². The number of aromatic nitrogens is 4. The van der Waals surface area contributed by atoms with Crippen molar-refractivity contribution in [2.75, 3.05) is 0 Å². The Morgan fingerprint density at radius 2 is 1.85 bits per heavy atom. The highest BCUT2D eigenvalue weighted by Gasteiger charge is 2.18. The molecule has 0 saturated carbocycles. The van der Waals surface area contributed by atoms with Crippen LogP contribution >= 0.6 is 22.9 Å². The van der Waals surface area contributed by atoms with Crippen molar-refractivity contribution in [2.24, 2.45) is 0 Å². The molecule has 3 aromatic heterocycles. The fourth-order valence-electron chi connectivity index (χ4n) is 3.83. The molecule has 0 aliphatic heterocycles. The number of aryl methyl sites for hydroxylation is 1. The Hall–Kier alpha value is -3.49. The number of rotatable bonds is 7. The van der Waals surface area contributed by atoms with Crippen LogP contribution in [-0.4, -0.2) is 25.1 Å². The number of thiophene rings is 1. The number of carbonyl (C=O) groups excluding carboxylic acids is 1. The summed E-state index contributed by atoms with van der Waals surface area (Å²) in [5, 5.41) is 14.7. The molecule has 33 heavy (non-hydrogen) atoms. The van der Waals surface area contributed by atoms with Crippen LogP contribution in [0.5, 0.6) is 0 Å². The van der Waals surface area contributed by atoms with Crippen molar-refractivity contribution in [1.82, 2.24) is 24.5 Å². The van der Waals surface area contributed by atoms with Crippen LogP contribution in [0.3, 0.4) is 0 Å². The van der Waals surface area contributed by atoms with E-state index in [2.05, 4.69) is 15.5 Å². The highest BCUT2D eigenvalue weighted by Crippen LogP contribution is 2.20. The molecule has 0 radical (unpaired) electrons. The van der Waals surface area contributed by atoms with Crippen LogP contribution in [0.1, 0.15) is 22.7 Å². The quantitative estimate of drug-likeness (QED) is 0.383. The predicted octanol–water partition coefficient (Wildman–Crippen LogP) is 4.06. The number of para-hydroxylation sites is 1. The molecule has 0 aliphatic carbocycles. The fourth-order valence-corrected chi connectivity index (χ4v) is 4.67. The zero-order chi connectivity index (χ0) is 22.8. The Morgan fingerprint density at radius 3 is 2.67 bits per heavy atom. The summed E-state index contributed by atoms with van der Waals surface area (Å²) >= 11 is 7.96. The van der Waals surface area contributed by atoms with Crippen molar-refractivity contribution in [1.29, 1.82) is 0 Å². The average Bonchev–Trinajstić information content (AvgIpc) is 3.50. The van der Waals surface area contributed by atoms with Gasteiger partial charge in [-0.1, -0.05) is 48.0 Å². The third-order valence-electron chi connectivity index (χ3n) is 5.48. The van der Waals surface area contributed by atoms with Crippen molar-refractivity contribution >= 4 is 45.5 Å². The molecule has 1 amide bonds.